The van der Waals surface area contributed by atoms with Crippen molar-refractivity contribution < 1.29 is 13.2 Å². The second-order valence-electron chi connectivity index (χ2n) is 4.54. The van der Waals surface area contributed by atoms with E-state index in [-0.39, 0.29) is 10.1 Å². The van der Waals surface area contributed by atoms with Gasteiger partial charge in [-0.3, -0.25) is 9.52 Å². The van der Waals surface area contributed by atoms with Crippen molar-refractivity contribution in [1.82, 2.24) is 5.32 Å². The van der Waals surface area contributed by atoms with Gasteiger partial charge in [0.25, 0.3) is 15.9 Å². The Bertz CT molecular complexity index is 815. The Balaban J connectivity index is 1.92. The Morgan fingerprint density at radius 1 is 1.24 bits per heavy atom. The molecule has 110 valence electrons. The highest BCUT2D eigenvalue weighted by Gasteiger charge is 2.20. The lowest BCUT2D eigenvalue weighted by Gasteiger charge is -2.17. The van der Waals surface area contributed by atoms with Crippen molar-refractivity contribution >= 4 is 48.9 Å². The lowest BCUT2D eigenvalue weighted by Crippen LogP contribution is -2.31. The van der Waals surface area contributed by atoms with E-state index in [0.29, 0.717) is 17.8 Å². The molecule has 1 aromatic heterocycles. The molecule has 1 aliphatic heterocycles. The molecule has 1 amide bonds. The van der Waals surface area contributed by atoms with E-state index in [1.165, 1.54) is 6.07 Å². The van der Waals surface area contributed by atoms with Crippen LogP contribution < -0.4 is 10.0 Å². The van der Waals surface area contributed by atoms with Gasteiger partial charge in [0.1, 0.15) is 4.21 Å². The summed E-state index contributed by atoms with van der Waals surface area (Å²) < 4.78 is 27.9. The molecule has 0 aliphatic carbocycles. The molecule has 2 N–H and O–H groups in total. The molecule has 8 heteroatoms. The minimum absolute atomic E-state index is 0.170. The quantitative estimate of drug-likeness (QED) is 0.850. The van der Waals surface area contributed by atoms with E-state index >= 15 is 0 Å². The maximum Gasteiger partial charge on any atom is 0.271 e. The predicted molar refractivity (Wildman–Crippen MR) is 85.3 cm³/mol. The Hall–Kier alpha value is -1.38. The molecule has 0 unspecified atom stereocenters. The van der Waals surface area contributed by atoms with Gasteiger partial charge in [0, 0.05) is 17.8 Å². The second kappa shape index (κ2) is 5.43. The van der Waals surface area contributed by atoms with Gasteiger partial charge in [-0.05, 0) is 52.2 Å². The number of sulfonamides is 1. The number of carbonyl (C=O) groups is 1. The van der Waals surface area contributed by atoms with Crippen LogP contribution in [0.5, 0.6) is 0 Å². The van der Waals surface area contributed by atoms with Gasteiger partial charge in [0.05, 0.1) is 3.79 Å². The fraction of sp³-hybridized carbons (Fsp3) is 0.154. The van der Waals surface area contributed by atoms with Gasteiger partial charge in [0.15, 0.2) is 0 Å². The summed E-state index contributed by atoms with van der Waals surface area (Å²) in [5.41, 5.74) is 1.84. The zero-order valence-corrected chi connectivity index (χ0v) is 13.9. The van der Waals surface area contributed by atoms with Crippen molar-refractivity contribution in [1.29, 1.82) is 0 Å². The van der Waals surface area contributed by atoms with Crippen LogP contribution in [-0.2, 0) is 16.4 Å². The molecule has 0 atom stereocenters. The molecule has 0 saturated heterocycles. The zero-order chi connectivity index (χ0) is 15.0. The third-order valence-corrected chi connectivity index (χ3v) is 6.60. The Morgan fingerprint density at radius 2 is 2.05 bits per heavy atom. The fourth-order valence-electron chi connectivity index (χ4n) is 2.12. The van der Waals surface area contributed by atoms with Crippen LogP contribution in [0.25, 0.3) is 0 Å². The minimum atomic E-state index is -3.63. The van der Waals surface area contributed by atoms with Crippen molar-refractivity contribution in [3.8, 4) is 0 Å². The van der Waals surface area contributed by atoms with E-state index in [0.717, 1.165) is 27.1 Å². The minimum Gasteiger partial charge on any atom is -0.352 e. The van der Waals surface area contributed by atoms with Crippen LogP contribution in [0.2, 0.25) is 0 Å². The molecule has 2 aromatic rings. The molecule has 1 aromatic carbocycles. The maximum atomic E-state index is 12.2. The van der Waals surface area contributed by atoms with Crippen molar-refractivity contribution in [2.75, 3.05) is 11.3 Å². The first kappa shape index (κ1) is 14.6. The molecule has 21 heavy (non-hydrogen) atoms. The van der Waals surface area contributed by atoms with E-state index in [4.69, 9.17) is 0 Å². The fourth-order valence-corrected chi connectivity index (χ4v) is 5.18. The predicted octanol–water partition coefficient (Wildman–Crippen LogP) is 2.60. The number of hydrogen-bond donors (Lipinski definition) is 2. The van der Waals surface area contributed by atoms with E-state index < -0.39 is 10.0 Å². The summed E-state index contributed by atoms with van der Waals surface area (Å²) in [5.74, 6) is -0.170. The first-order chi connectivity index (χ1) is 9.95. The lowest BCUT2D eigenvalue weighted by molar-refractivity contribution is 0.0946. The van der Waals surface area contributed by atoms with E-state index in [1.807, 2.05) is 0 Å². The summed E-state index contributed by atoms with van der Waals surface area (Å²) in [6, 6.07) is 8.25. The van der Waals surface area contributed by atoms with Crippen LogP contribution in [0.3, 0.4) is 0 Å². The van der Waals surface area contributed by atoms with E-state index in [2.05, 4.69) is 26.0 Å². The Kier molecular flexibility index (Phi) is 3.76. The summed E-state index contributed by atoms with van der Waals surface area (Å²) in [5, 5.41) is 2.74. The summed E-state index contributed by atoms with van der Waals surface area (Å²) in [6.07, 6.45) is 0.756. The van der Waals surface area contributed by atoms with Crippen molar-refractivity contribution in [3.05, 3.63) is 45.2 Å². The van der Waals surface area contributed by atoms with Gasteiger partial charge in [0.2, 0.25) is 0 Å². The molecule has 0 spiro atoms. The van der Waals surface area contributed by atoms with E-state index in [1.54, 1.807) is 24.3 Å². The normalized spacial score (nSPS) is 14.4. The topological polar surface area (TPSA) is 75.3 Å². The average Bonchev–Trinajstić information content (AvgIpc) is 2.87. The molecule has 0 saturated carbocycles. The van der Waals surface area contributed by atoms with E-state index in [9.17, 15) is 13.2 Å². The van der Waals surface area contributed by atoms with Crippen LogP contribution >= 0.6 is 27.3 Å². The van der Waals surface area contributed by atoms with Crippen LogP contribution in [0.15, 0.2) is 38.3 Å². The van der Waals surface area contributed by atoms with Crippen LogP contribution in [0.4, 0.5) is 5.69 Å². The number of halogens is 1. The number of carbonyl (C=O) groups excluding carboxylic acids is 1. The average molecular weight is 387 g/mol. The zero-order valence-electron chi connectivity index (χ0n) is 10.7. The van der Waals surface area contributed by atoms with Gasteiger partial charge < -0.3 is 5.32 Å². The largest absolute Gasteiger partial charge is 0.352 e. The van der Waals surface area contributed by atoms with Crippen LogP contribution in [0, 0.1) is 0 Å². The Morgan fingerprint density at radius 3 is 2.76 bits per heavy atom. The molecule has 0 bridgehead atoms. The number of rotatable bonds is 3. The monoisotopic (exact) mass is 386 g/mol. The van der Waals surface area contributed by atoms with Crippen molar-refractivity contribution in [2.45, 2.75) is 10.6 Å². The first-order valence-electron chi connectivity index (χ1n) is 6.15. The molecule has 1 aliphatic rings. The van der Waals surface area contributed by atoms with Crippen molar-refractivity contribution in [3.63, 3.8) is 0 Å². The second-order valence-corrected chi connectivity index (χ2v) is 8.91. The SMILES string of the molecule is O=C1NCCc2ccc(NS(=O)(=O)c3ccc(Br)s3)cc21. The summed E-state index contributed by atoms with van der Waals surface area (Å²) in [6.45, 7) is 0.611. The van der Waals surface area contributed by atoms with Crippen LogP contribution in [0.1, 0.15) is 15.9 Å². The molecular formula is C13H11BrN2O3S2. The third-order valence-electron chi connectivity index (χ3n) is 3.10. The molecular weight excluding hydrogens is 376 g/mol. The van der Waals surface area contributed by atoms with Crippen molar-refractivity contribution in [2.24, 2.45) is 0 Å². The van der Waals surface area contributed by atoms with Gasteiger partial charge in [-0.1, -0.05) is 6.07 Å². The highest BCUT2D eigenvalue weighted by atomic mass is 79.9. The number of amides is 1. The number of fused-ring (bicyclic) bond motifs is 1. The highest BCUT2D eigenvalue weighted by molar-refractivity contribution is 9.11. The highest BCUT2D eigenvalue weighted by Crippen LogP contribution is 2.28. The Labute approximate surface area is 134 Å². The molecule has 0 fully saturated rings. The molecule has 3 rings (SSSR count). The number of hydrogen-bond acceptors (Lipinski definition) is 4. The number of benzene rings is 1. The summed E-state index contributed by atoms with van der Waals surface area (Å²) in [7, 11) is -3.63. The van der Waals surface area contributed by atoms with Crippen LogP contribution in [-0.4, -0.2) is 20.9 Å². The van der Waals surface area contributed by atoms with Gasteiger partial charge in [-0.25, -0.2) is 8.42 Å². The number of nitrogens with one attached hydrogen (secondary N) is 2. The third kappa shape index (κ3) is 2.97. The number of thiophene rings is 1. The first-order valence-corrected chi connectivity index (χ1v) is 9.24. The molecule has 2 heterocycles. The van der Waals surface area contributed by atoms with Gasteiger partial charge in [-0.15, -0.1) is 11.3 Å². The lowest BCUT2D eigenvalue weighted by atomic mass is 10.00. The van der Waals surface area contributed by atoms with Gasteiger partial charge >= 0.3 is 0 Å². The standard InChI is InChI=1S/C13H11BrN2O3S2/c14-11-3-4-12(20-11)21(18,19)16-9-2-1-8-5-6-15-13(17)10(8)7-9/h1-4,7,16H,5-6H2,(H,15,17). The summed E-state index contributed by atoms with van der Waals surface area (Å²) in [4.78, 5) is 11.8. The smallest absolute Gasteiger partial charge is 0.271 e. The number of anilines is 1. The van der Waals surface area contributed by atoms with Gasteiger partial charge in [-0.2, -0.15) is 0 Å². The molecule has 5 nitrogen and oxygen atoms in total. The summed E-state index contributed by atoms with van der Waals surface area (Å²) >= 11 is 4.37. The maximum absolute atomic E-state index is 12.2. The molecule has 0 radical (unpaired) electrons.